The minimum absolute atomic E-state index is 0.155. The van der Waals surface area contributed by atoms with Crippen LogP contribution < -0.4 is 4.74 Å². The van der Waals surface area contributed by atoms with Crippen molar-refractivity contribution in [1.82, 2.24) is 4.90 Å². The second-order valence-corrected chi connectivity index (χ2v) is 11.3. The molecule has 5 rings (SSSR count). The fourth-order valence-corrected chi connectivity index (χ4v) is 6.12. The first kappa shape index (κ1) is 29.6. The van der Waals surface area contributed by atoms with Crippen LogP contribution in [0.5, 0.6) is 5.75 Å². The second kappa shape index (κ2) is 13.8. The van der Waals surface area contributed by atoms with Crippen molar-refractivity contribution in [1.29, 1.82) is 0 Å². The maximum Gasteiger partial charge on any atom is 0.333 e. The number of nitrogens with zero attached hydrogens (tertiary/aromatic N) is 1. The number of ether oxygens (including phenoxy) is 2. The van der Waals surface area contributed by atoms with Crippen molar-refractivity contribution >= 4 is 5.97 Å². The van der Waals surface area contributed by atoms with Gasteiger partial charge in [-0.05, 0) is 90.7 Å². The molecule has 2 unspecified atom stereocenters. The molecule has 0 fully saturated rings. The van der Waals surface area contributed by atoms with E-state index < -0.39 is 12.1 Å². The first-order valence-corrected chi connectivity index (χ1v) is 14.8. The number of likely N-dealkylation sites (N-methyl/N-ethyl adjacent to an activating group) is 1. The van der Waals surface area contributed by atoms with Gasteiger partial charge >= 0.3 is 5.97 Å². The van der Waals surface area contributed by atoms with Gasteiger partial charge in [0.15, 0.2) is 6.10 Å². The topological polar surface area (TPSA) is 59.0 Å². The van der Waals surface area contributed by atoms with E-state index in [2.05, 4.69) is 85.6 Å². The molecule has 0 radical (unpaired) electrons. The van der Waals surface area contributed by atoms with E-state index in [4.69, 9.17) is 9.47 Å². The molecule has 0 heterocycles. The number of fused-ring (bicyclic) bond motifs is 2. The predicted octanol–water partition coefficient (Wildman–Crippen LogP) is 6.62. The lowest BCUT2D eigenvalue weighted by Crippen LogP contribution is -2.30. The van der Waals surface area contributed by atoms with Gasteiger partial charge in [0.05, 0.1) is 6.04 Å². The Morgan fingerprint density at radius 2 is 1.69 bits per heavy atom. The van der Waals surface area contributed by atoms with Crippen molar-refractivity contribution in [3.05, 3.63) is 136 Å². The number of aliphatic carboxylic acids is 1. The van der Waals surface area contributed by atoms with E-state index in [-0.39, 0.29) is 6.04 Å². The maximum atomic E-state index is 11.3. The summed E-state index contributed by atoms with van der Waals surface area (Å²) in [5.41, 5.74) is 10.7. The molecule has 0 bridgehead atoms. The first-order chi connectivity index (χ1) is 20.4. The van der Waals surface area contributed by atoms with Gasteiger partial charge in [-0.1, -0.05) is 84.4 Å². The molecule has 0 aliphatic heterocycles. The van der Waals surface area contributed by atoms with Crippen molar-refractivity contribution in [3.63, 3.8) is 0 Å². The third-order valence-electron chi connectivity index (χ3n) is 8.43. The Bertz CT molecular complexity index is 1480. The average molecular weight is 564 g/mol. The predicted molar refractivity (Wildman–Crippen MR) is 167 cm³/mol. The van der Waals surface area contributed by atoms with E-state index >= 15 is 0 Å². The molecule has 1 N–H and O–H groups in total. The van der Waals surface area contributed by atoms with Gasteiger partial charge in [0.2, 0.25) is 0 Å². The lowest BCUT2D eigenvalue weighted by Gasteiger charge is -2.31. The SMILES string of the molecule is COC(Cc1ccc(OCCN(C)C2c3cc(C)ccc3CCc3c(CCc4ccccc4)cccc32)cc1)C(=O)O. The van der Waals surface area contributed by atoms with Gasteiger partial charge in [0.1, 0.15) is 12.4 Å². The van der Waals surface area contributed by atoms with Gasteiger partial charge < -0.3 is 14.6 Å². The zero-order chi connectivity index (χ0) is 29.5. The molecule has 1 aliphatic carbocycles. The normalized spacial score (nSPS) is 15.0. The highest BCUT2D eigenvalue weighted by molar-refractivity contribution is 5.72. The molecule has 1 aliphatic rings. The number of hydrogen-bond acceptors (Lipinski definition) is 4. The van der Waals surface area contributed by atoms with E-state index in [1.54, 1.807) is 0 Å². The minimum Gasteiger partial charge on any atom is -0.492 e. The lowest BCUT2D eigenvalue weighted by molar-refractivity contribution is -0.148. The van der Waals surface area contributed by atoms with Crippen LogP contribution in [-0.4, -0.2) is 49.4 Å². The van der Waals surface area contributed by atoms with E-state index in [0.29, 0.717) is 13.0 Å². The number of aryl methyl sites for hydroxylation is 4. The summed E-state index contributed by atoms with van der Waals surface area (Å²) in [4.78, 5) is 13.7. The van der Waals surface area contributed by atoms with Crippen LogP contribution in [0.25, 0.3) is 0 Å². The van der Waals surface area contributed by atoms with Crippen molar-refractivity contribution in [2.45, 2.75) is 51.2 Å². The molecule has 4 aromatic carbocycles. The van der Waals surface area contributed by atoms with Crippen molar-refractivity contribution < 1.29 is 19.4 Å². The standard InChI is InChI=1S/C37H41NO4/c1-26-12-16-30-18-21-32-29(17-13-27-8-5-4-6-9-27)10-7-11-33(32)36(34(30)24-26)38(2)22-23-42-31-19-14-28(15-20-31)25-35(41-3)37(39)40/h4-12,14-16,19-20,24,35-36H,13,17-18,21-23,25H2,1-3H3,(H,39,40). The van der Waals surface area contributed by atoms with Crippen molar-refractivity contribution in [3.8, 4) is 5.75 Å². The highest BCUT2D eigenvalue weighted by Gasteiger charge is 2.28. The Hall–Kier alpha value is -3.93. The molecular formula is C37H41NO4. The Morgan fingerprint density at radius 1 is 0.905 bits per heavy atom. The molecular weight excluding hydrogens is 522 g/mol. The maximum absolute atomic E-state index is 11.3. The zero-order valence-corrected chi connectivity index (χ0v) is 24.9. The Kier molecular flexibility index (Phi) is 9.73. The van der Waals surface area contributed by atoms with E-state index in [1.807, 2.05) is 24.3 Å². The van der Waals surface area contributed by atoms with E-state index in [0.717, 1.165) is 43.5 Å². The van der Waals surface area contributed by atoms with E-state index in [9.17, 15) is 9.90 Å². The van der Waals surface area contributed by atoms with Gasteiger partial charge in [-0.25, -0.2) is 4.79 Å². The summed E-state index contributed by atoms with van der Waals surface area (Å²) in [7, 11) is 3.62. The molecule has 4 aromatic rings. The summed E-state index contributed by atoms with van der Waals surface area (Å²) in [6.07, 6.45) is 3.65. The molecule has 2 atom stereocenters. The third-order valence-corrected chi connectivity index (χ3v) is 8.43. The lowest BCUT2D eigenvalue weighted by atomic mass is 9.89. The van der Waals surface area contributed by atoms with Crippen LogP contribution in [0.2, 0.25) is 0 Å². The molecule has 0 saturated heterocycles. The van der Waals surface area contributed by atoms with Crippen LogP contribution in [0.15, 0.2) is 91.0 Å². The minimum atomic E-state index is -0.957. The van der Waals surface area contributed by atoms with Gasteiger partial charge in [-0.2, -0.15) is 0 Å². The number of carbonyl (C=O) groups is 1. The van der Waals surface area contributed by atoms with Crippen LogP contribution in [0.3, 0.4) is 0 Å². The fraction of sp³-hybridized carbons (Fsp3) is 0.324. The number of carboxylic acid groups (broad SMARTS) is 1. The van der Waals surface area contributed by atoms with Gasteiger partial charge in [-0.3, -0.25) is 4.90 Å². The number of benzene rings is 4. The Morgan fingerprint density at radius 3 is 2.43 bits per heavy atom. The Labute approximate surface area is 249 Å². The molecule has 0 saturated carbocycles. The average Bonchev–Trinajstić information content (AvgIpc) is 3.16. The number of methoxy groups -OCH3 is 1. The molecule has 42 heavy (non-hydrogen) atoms. The molecule has 218 valence electrons. The highest BCUT2D eigenvalue weighted by Crippen LogP contribution is 2.38. The number of carboxylic acids is 1. The van der Waals surface area contributed by atoms with Crippen LogP contribution in [0.1, 0.15) is 50.5 Å². The summed E-state index contributed by atoms with van der Waals surface area (Å²) in [5, 5.41) is 9.25. The molecule has 0 amide bonds. The molecule has 5 heteroatoms. The summed E-state index contributed by atoms with van der Waals surface area (Å²) in [6.45, 7) is 3.49. The third kappa shape index (κ3) is 7.10. The van der Waals surface area contributed by atoms with Crippen molar-refractivity contribution in [2.24, 2.45) is 0 Å². The van der Waals surface area contributed by atoms with Crippen LogP contribution >= 0.6 is 0 Å². The number of rotatable bonds is 12. The van der Waals surface area contributed by atoms with Crippen LogP contribution in [0, 0.1) is 6.92 Å². The van der Waals surface area contributed by atoms with E-state index in [1.165, 1.54) is 46.1 Å². The zero-order valence-electron chi connectivity index (χ0n) is 24.9. The van der Waals surface area contributed by atoms with Crippen LogP contribution in [-0.2, 0) is 41.6 Å². The van der Waals surface area contributed by atoms with Gasteiger partial charge in [-0.15, -0.1) is 0 Å². The second-order valence-electron chi connectivity index (χ2n) is 11.3. The summed E-state index contributed by atoms with van der Waals surface area (Å²) in [6, 6.07) is 32.3. The summed E-state index contributed by atoms with van der Waals surface area (Å²) >= 11 is 0. The number of hydrogen-bond donors (Lipinski definition) is 1. The summed E-state index contributed by atoms with van der Waals surface area (Å²) in [5.74, 6) is -0.182. The fourth-order valence-electron chi connectivity index (χ4n) is 6.12. The van der Waals surface area contributed by atoms with Gasteiger partial charge in [0, 0.05) is 20.1 Å². The first-order valence-electron chi connectivity index (χ1n) is 14.8. The van der Waals surface area contributed by atoms with Gasteiger partial charge in [0.25, 0.3) is 0 Å². The molecule has 0 spiro atoms. The molecule has 0 aromatic heterocycles. The highest BCUT2D eigenvalue weighted by atomic mass is 16.5. The largest absolute Gasteiger partial charge is 0.492 e. The smallest absolute Gasteiger partial charge is 0.333 e. The Balaban J connectivity index is 1.32. The van der Waals surface area contributed by atoms with Crippen LogP contribution in [0.4, 0.5) is 0 Å². The monoisotopic (exact) mass is 563 g/mol. The molecule has 5 nitrogen and oxygen atoms in total. The quantitative estimate of drug-likeness (QED) is 0.210. The van der Waals surface area contributed by atoms with Crippen molar-refractivity contribution in [2.75, 3.05) is 27.3 Å². The summed E-state index contributed by atoms with van der Waals surface area (Å²) < 4.78 is 11.2.